The maximum atomic E-state index is 13.2. The molecule has 0 spiro atoms. The summed E-state index contributed by atoms with van der Waals surface area (Å²) in [5.74, 6) is 0.886. The normalized spacial score (nSPS) is 14.2. The predicted molar refractivity (Wildman–Crippen MR) is 129 cm³/mol. The number of furan rings is 1. The molecule has 2 aromatic heterocycles. The first-order valence-corrected chi connectivity index (χ1v) is 12.6. The number of ether oxygens (including phenoxy) is 1. The van der Waals surface area contributed by atoms with Crippen LogP contribution in [0.25, 0.3) is 0 Å². The number of amides is 1. The lowest BCUT2D eigenvalue weighted by atomic mass is 9.97. The number of halogens is 1. The quantitative estimate of drug-likeness (QED) is 0.388. The zero-order valence-electron chi connectivity index (χ0n) is 19.7. The average molecular weight is 501 g/mol. The summed E-state index contributed by atoms with van der Waals surface area (Å²) in [5, 5.41) is 0.701. The Morgan fingerprint density at radius 1 is 1.23 bits per heavy atom. The Bertz CT molecular complexity index is 1100. The van der Waals surface area contributed by atoms with Crippen molar-refractivity contribution < 1.29 is 23.1 Å². The summed E-state index contributed by atoms with van der Waals surface area (Å²) in [6.45, 7) is 4.22. The van der Waals surface area contributed by atoms with Crippen LogP contribution in [0.2, 0.25) is 0 Å². The van der Waals surface area contributed by atoms with Crippen LogP contribution in [0.5, 0.6) is 0 Å². The Kier molecular flexibility index (Phi) is 8.46. The molecule has 0 saturated carbocycles. The number of hydrogen-bond acceptors (Lipinski definition) is 8. The Balaban J connectivity index is 1.36. The fraction of sp³-hybridized carbons (Fsp3) is 0.440. The number of aromatic nitrogens is 2. The Hall–Kier alpha value is -3.27. The minimum Gasteiger partial charge on any atom is -0.467 e. The summed E-state index contributed by atoms with van der Waals surface area (Å²) in [4.78, 5) is 33.4. The van der Waals surface area contributed by atoms with E-state index in [2.05, 4.69) is 9.36 Å². The topological polar surface area (TPSA) is 88.8 Å². The molecule has 1 aliphatic rings. The molecule has 0 atom stereocenters. The fourth-order valence-electron chi connectivity index (χ4n) is 4.08. The number of benzene rings is 1. The largest absolute Gasteiger partial charge is 0.467 e. The van der Waals surface area contributed by atoms with Crippen LogP contribution < -0.4 is 4.90 Å². The van der Waals surface area contributed by atoms with E-state index in [4.69, 9.17) is 9.15 Å². The maximum Gasteiger partial charge on any atom is 0.309 e. The highest BCUT2D eigenvalue weighted by Crippen LogP contribution is 2.23. The second-order valence-electron chi connectivity index (χ2n) is 8.45. The van der Waals surface area contributed by atoms with E-state index >= 15 is 0 Å². The van der Waals surface area contributed by atoms with Crippen molar-refractivity contribution in [3.8, 4) is 0 Å². The molecule has 0 unspecified atom stereocenters. The summed E-state index contributed by atoms with van der Waals surface area (Å²) >= 11 is 1.27. The molecule has 0 bridgehead atoms. The van der Waals surface area contributed by atoms with E-state index in [0.29, 0.717) is 69.4 Å². The van der Waals surface area contributed by atoms with Crippen molar-refractivity contribution >= 4 is 28.5 Å². The second kappa shape index (κ2) is 11.9. The van der Waals surface area contributed by atoms with E-state index < -0.39 is 0 Å². The number of hydrogen-bond donors (Lipinski definition) is 0. The monoisotopic (exact) mass is 500 g/mol. The van der Waals surface area contributed by atoms with Crippen LogP contribution in [0.4, 0.5) is 9.52 Å². The van der Waals surface area contributed by atoms with Crippen LogP contribution in [0.15, 0.2) is 47.1 Å². The molecule has 1 aliphatic heterocycles. The van der Waals surface area contributed by atoms with Gasteiger partial charge in [-0.15, -0.1) is 0 Å². The standard InChI is InChI=1S/C25H29FN4O4S/c1-2-33-24(32)19-9-12-29(13-10-19)23(31)11-14-30(17-21-4-3-15-34-21)25-27-22(28-35-25)16-18-5-7-20(26)8-6-18/h3-8,15,19H,2,9-14,16-17H2,1H3. The van der Waals surface area contributed by atoms with Gasteiger partial charge in [0.15, 0.2) is 0 Å². The number of nitrogens with zero attached hydrogens (tertiary/aromatic N) is 4. The minimum atomic E-state index is -0.278. The molecule has 3 heterocycles. The van der Waals surface area contributed by atoms with E-state index in [0.717, 1.165) is 11.3 Å². The lowest BCUT2D eigenvalue weighted by Crippen LogP contribution is -2.41. The predicted octanol–water partition coefficient (Wildman–Crippen LogP) is 4.06. The van der Waals surface area contributed by atoms with Crippen molar-refractivity contribution in [1.29, 1.82) is 0 Å². The number of piperidine rings is 1. The van der Waals surface area contributed by atoms with Crippen molar-refractivity contribution in [1.82, 2.24) is 14.3 Å². The van der Waals surface area contributed by atoms with Crippen molar-refractivity contribution in [3.05, 3.63) is 65.6 Å². The number of carbonyl (C=O) groups is 2. The van der Waals surface area contributed by atoms with Gasteiger partial charge < -0.3 is 19.0 Å². The number of anilines is 1. The number of carbonyl (C=O) groups excluding carboxylic acids is 2. The smallest absolute Gasteiger partial charge is 0.309 e. The van der Waals surface area contributed by atoms with E-state index in [1.54, 1.807) is 25.3 Å². The lowest BCUT2D eigenvalue weighted by molar-refractivity contribution is -0.151. The van der Waals surface area contributed by atoms with E-state index in [-0.39, 0.29) is 23.6 Å². The van der Waals surface area contributed by atoms with Gasteiger partial charge in [-0.1, -0.05) is 12.1 Å². The molecule has 10 heteroatoms. The Morgan fingerprint density at radius 2 is 2.00 bits per heavy atom. The van der Waals surface area contributed by atoms with Gasteiger partial charge in [0.25, 0.3) is 0 Å². The van der Waals surface area contributed by atoms with Crippen LogP contribution in [0, 0.1) is 11.7 Å². The first-order chi connectivity index (χ1) is 17.0. The third-order valence-corrected chi connectivity index (χ3v) is 6.81. The minimum absolute atomic E-state index is 0.0489. The fourth-order valence-corrected chi connectivity index (χ4v) is 4.79. The van der Waals surface area contributed by atoms with E-state index in [9.17, 15) is 14.0 Å². The Morgan fingerprint density at radius 3 is 2.69 bits per heavy atom. The highest BCUT2D eigenvalue weighted by atomic mass is 32.1. The van der Waals surface area contributed by atoms with Gasteiger partial charge in [-0.2, -0.15) is 4.37 Å². The number of rotatable bonds is 10. The maximum absolute atomic E-state index is 13.2. The Labute approximate surface area is 207 Å². The first kappa shape index (κ1) is 24.8. The first-order valence-electron chi connectivity index (χ1n) is 11.8. The molecule has 3 aromatic rings. The zero-order valence-corrected chi connectivity index (χ0v) is 20.5. The number of esters is 1. The molecule has 0 radical (unpaired) electrons. The lowest BCUT2D eigenvalue weighted by Gasteiger charge is -2.31. The summed E-state index contributed by atoms with van der Waals surface area (Å²) in [6.07, 6.45) is 3.69. The van der Waals surface area contributed by atoms with Gasteiger partial charge in [-0.25, -0.2) is 9.37 Å². The molecule has 0 aliphatic carbocycles. The summed E-state index contributed by atoms with van der Waals surface area (Å²) in [5.41, 5.74) is 0.926. The highest BCUT2D eigenvalue weighted by molar-refractivity contribution is 7.09. The van der Waals surface area contributed by atoms with Gasteiger partial charge in [0.1, 0.15) is 17.4 Å². The third kappa shape index (κ3) is 6.88. The van der Waals surface area contributed by atoms with Crippen LogP contribution in [-0.4, -0.2) is 52.4 Å². The van der Waals surface area contributed by atoms with Gasteiger partial charge >= 0.3 is 5.97 Å². The van der Waals surface area contributed by atoms with Crippen LogP contribution in [0.3, 0.4) is 0 Å². The third-order valence-electron chi connectivity index (χ3n) is 5.99. The average Bonchev–Trinajstić information content (AvgIpc) is 3.55. The molecule has 1 amide bonds. The highest BCUT2D eigenvalue weighted by Gasteiger charge is 2.28. The van der Waals surface area contributed by atoms with E-state index in [1.165, 1.54) is 23.7 Å². The van der Waals surface area contributed by atoms with Crippen LogP contribution in [-0.2, 0) is 27.3 Å². The van der Waals surface area contributed by atoms with Gasteiger partial charge in [0.2, 0.25) is 11.0 Å². The van der Waals surface area contributed by atoms with Gasteiger partial charge in [-0.05, 0) is 49.6 Å². The van der Waals surface area contributed by atoms with Crippen molar-refractivity contribution in [3.63, 3.8) is 0 Å². The molecule has 1 aromatic carbocycles. The number of likely N-dealkylation sites (tertiary alicyclic amines) is 1. The molecular formula is C25H29FN4O4S. The molecule has 8 nitrogen and oxygen atoms in total. The summed E-state index contributed by atoms with van der Waals surface area (Å²) in [6, 6.07) is 10.0. The molecule has 186 valence electrons. The molecule has 0 N–H and O–H groups in total. The molecule has 35 heavy (non-hydrogen) atoms. The van der Waals surface area contributed by atoms with Crippen LogP contribution in [0.1, 0.15) is 43.3 Å². The molecule has 1 saturated heterocycles. The zero-order chi connectivity index (χ0) is 24.6. The van der Waals surface area contributed by atoms with Gasteiger partial charge in [0, 0.05) is 44.0 Å². The molecule has 1 fully saturated rings. The molecule has 4 rings (SSSR count). The summed E-state index contributed by atoms with van der Waals surface area (Å²) in [7, 11) is 0. The second-order valence-corrected chi connectivity index (χ2v) is 9.18. The van der Waals surface area contributed by atoms with Crippen LogP contribution >= 0.6 is 11.5 Å². The van der Waals surface area contributed by atoms with Gasteiger partial charge in [0.05, 0.1) is 25.3 Å². The van der Waals surface area contributed by atoms with Crippen molar-refractivity contribution in [2.24, 2.45) is 5.92 Å². The van der Waals surface area contributed by atoms with Crippen molar-refractivity contribution in [2.45, 2.75) is 39.2 Å². The van der Waals surface area contributed by atoms with E-state index in [1.807, 2.05) is 21.9 Å². The molecular weight excluding hydrogens is 471 g/mol. The summed E-state index contributed by atoms with van der Waals surface area (Å²) < 4.78 is 28.3. The van der Waals surface area contributed by atoms with Gasteiger partial charge in [-0.3, -0.25) is 9.59 Å². The SMILES string of the molecule is CCOC(=O)C1CCN(C(=O)CCN(Cc2ccco2)c2nc(Cc3ccc(F)cc3)ns2)CC1. The van der Waals surface area contributed by atoms with Crippen molar-refractivity contribution in [2.75, 3.05) is 31.1 Å².